The first-order valence-electron chi connectivity index (χ1n) is 8.77. The minimum atomic E-state index is -0.436. The first kappa shape index (κ1) is 18.6. The lowest BCUT2D eigenvalue weighted by molar-refractivity contribution is -0.155. The van der Waals surface area contributed by atoms with Crippen molar-refractivity contribution in [2.75, 3.05) is 13.2 Å². The minimum absolute atomic E-state index is 0.0807. The molecule has 1 aliphatic rings. The molecule has 1 aromatic carbocycles. The van der Waals surface area contributed by atoms with E-state index in [4.69, 9.17) is 4.74 Å². The lowest BCUT2D eigenvalue weighted by atomic mass is 10.0. The molecule has 1 aliphatic heterocycles. The average Bonchev–Trinajstić information content (AvgIpc) is 3.30. The van der Waals surface area contributed by atoms with Crippen LogP contribution in [0.15, 0.2) is 41.1 Å². The Hall–Kier alpha value is -2.21. The maximum atomic E-state index is 13.2. The van der Waals surface area contributed by atoms with E-state index in [-0.39, 0.29) is 24.4 Å². The highest BCUT2D eigenvalue weighted by atomic mass is 32.1. The van der Waals surface area contributed by atoms with Crippen LogP contribution in [0.3, 0.4) is 0 Å². The topological polar surface area (TPSA) is 46.6 Å². The van der Waals surface area contributed by atoms with Crippen LogP contribution in [0, 0.1) is 11.7 Å². The molecule has 1 amide bonds. The zero-order valence-electron chi connectivity index (χ0n) is 14.7. The molecule has 0 radical (unpaired) electrons. The molecular formula is C20H22FNO3S. The van der Waals surface area contributed by atoms with E-state index >= 15 is 0 Å². The maximum Gasteiger partial charge on any atom is 0.309 e. The molecule has 0 bridgehead atoms. The molecule has 4 nitrogen and oxygen atoms in total. The number of carbonyl (C=O) groups excluding carboxylic acids is 2. The number of benzene rings is 1. The fourth-order valence-electron chi connectivity index (χ4n) is 3.34. The molecule has 2 aromatic rings. The Bertz CT molecular complexity index is 762. The molecule has 138 valence electrons. The van der Waals surface area contributed by atoms with Crippen molar-refractivity contribution in [2.45, 2.75) is 32.2 Å². The lowest BCUT2D eigenvalue weighted by Gasteiger charge is -2.24. The van der Waals surface area contributed by atoms with Crippen LogP contribution in [0.25, 0.3) is 0 Å². The second-order valence-electron chi connectivity index (χ2n) is 6.64. The van der Waals surface area contributed by atoms with E-state index in [0.29, 0.717) is 13.0 Å². The summed E-state index contributed by atoms with van der Waals surface area (Å²) in [6.07, 6.45) is 2.27. The molecule has 0 spiro atoms. The lowest BCUT2D eigenvalue weighted by Crippen LogP contribution is -2.34. The molecular weight excluding hydrogens is 353 g/mol. The Labute approximate surface area is 156 Å². The van der Waals surface area contributed by atoms with Gasteiger partial charge in [-0.15, -0.1) is 0 Å². The van der Waals surface area contributed by atoms with E-state index in [1.165, 1.54) is 12.1 Å². The van der Waals surface area contributed by atoms with E-state index in [1.807, 2.05) is 11.4 Å². The van der Waals surface area contributed by atoms with Crippen molar-refractivity contribution in [3.05, 3.63) is 58.0 Å². The number of likely N-dealkylation sites (tertiary alicyclic amines) is 1. The Balaban J connectivity index is 1.51. The van der Waals surface area contributed by atoms with E-state index in [1.54, 1.807) is 35.3 Å². The molecule has 1 aromatic heterocycles. The van der Waals surface area contributed by atoms with Gasteiger partial charge in [-0.25, -0.2) is 4.39 Å². The highest BCUT2D eigenvalue weighted by Crippen LogP contribution is 2.33. The zero-order valence-corrected chi connectivity index (χ0v) is 15.5. The zero-order chi connectivity index (χ0) is 18.5. The standard InChI is InChI=1S/C20H22FNO3S/c1-14(10-15-4-2-5-17(21)11-15)20(24)25-12-19(23)22-8-3-6-18(22)16-7-9-26-13-16/h2,4-5,7,9,11,13-14,18H,3,6,8,10,12H2,1H3. The number of esters is 1. The van der Waals surface area contributed by atoms with E-state index < -0.39 is 11.9 Å². The van der Waals surface area contributed by atoms with Gasteiger partial charge in [-0.05, 0) is 59.3 Å². The summed E-state index contributed by atoms with van der Waals surface area (Å²) in [5, 5.41) is 4.06. The largest absolute Gasteiger partial charge is 0.455 e. The van der Waals surface area contributed by atoms with Gasteiger partial charge in [0.1, 0.15) is 5.82 Å². The van der Waals surface area contributed by atoms with Crippen molar-refractivity contribution in [3.8, 4) is 0 Å². The van der Waals surface area contributed by atoms with Crippen molar-refractivity contribution < 1.29 is 18.7 Å². The summed E-state index contributed by atoms with van der Waals surface area (Å²) < 4.78 is 18.5. The van der Waals surface area contributed by atoms with Crippen LogP contribution < -0.4 is 0 Å². The van der Waals surface area contributed by atoms with Gasteiger partial charge in [-0.2, -0.15) is 11.3 Å². The van der Waals surface area contributed by atoms with Crippen LogP contribution >= 0.6 is 11.3 Å². The Morgan fingerprint density at radius 1 is 1.38 bits per heavy atom. The number of hydrogen-bond acceptors (Lipinski definition) is 4. The number of thiophene rings is 1. The van der Waals surface area contributed by atoms with Crippen LogP contribution in [-0.2, 0) is 20.7 Å². The third-order valence-electron chi connectivity index (χ3n) is 4.67. The van der Waals surface area contributed by atoms with Gasteiger partial charge in [0.2, 0.25) is 0 Å². The first-order valence-corrected chi connectivity index (χ1v) is 9.71. The van der Waals surface area contributed by atoms with Crippen molar-refractivity contribution in [2.24, 2.45) is 5.92 Å². The quantitative estimate of drug-likeness (QED) is 0.718. The second-order valence-corrected chi connectivity index (χ2v) is 7.42. The summed E-state index contributed by atoms with van der Waals surface area (Å²) in [4.78, 5) is 26.5. The van der Waals surface area contributed by atoms with Crippen LogP contribution in [0.4, 0.5) is 4.39 Å². The summed E-state index contributed by atoms with van der Waals surface area (Å²) in [6, 6.07) is 8.28. The van der Waals surface area contributed by atoms with Gasteiger partial charge in [-0.1, -0.05) is 19.1 Å². The van der Waals surface area contributed by atoms with Gasteiger partial charge in [0.05, 0.1) is 12.0 Å². The Morgan fingerprint density at radius 2 is 2.23 bits per heavy atom. The van der Waals surface area contributed by atoms with Gasteiger partial charge < -0.3 is 9.64 Å². The number of ether oxygens (including phenoxy) is 1. The van der Waals surface area contributed by atoms with Crippen molar-refractivity contribution >= 4 is 23.2 Å². The average molecular weight is 375 g/mol. The third kappa shape index (κ3) is 4.49. The molecule has 2 atom stereocenters. The van der Waals surface area contributed by atoms with Crippen LogP contribution in [-0.4, -0.2) is 29.9 Å². The number of carbonyl (C=O) groups is 2. The van der Waals surface area contributed by atoms with Crippen LogP contribution in [0.1, 0.15) is 36.9 Å². The number of nitrogens with zero attached hydrogens (tertiary/aromatic N) is 1. The monoisotopic (exact) mass is 375 g/mol. The molecule has 3 rings (SSSR count). The van der Waals surface area contributed by atoms with E-state index in [2.05, 4.69) is 5.38 Å². The van der Waals surface area contributed by atoms with Crippen LogP contribution in [0.5, 0.6) is 0 Å². The van der Waals surface area contributed by atoms with Gasteiger partial charge in [0.15, 0.2) is 6.61 Å². The van der Waals surface area contributed by atoms with Gasteiger partial charge in [0.25, 0.3) is 5.91 Å². The maximum absolute atomic E-state index is 13.2. The van der Waals surface area contributed by atoms with Crippen molar-refractivity contribution in [1.82, 2.24) is 4.90 Å². The predicted octanol–water partition coefficient (Wildman–Crippen LogP) is 3.97. The SMILES string of the molecule is CC(Cc1cccc(F)c1)C(=O)OCC(=O)N1CCCC1c1ccsc1. The molecule has 2 unspecified atom stereocenters. The van der Waals surface area contributed by atoms with Gasteiger partial charge >= 0.3 is 5.97 Å². The second kappa shape index (κ2) is 8.45. The molecule has 0 saturated carbocycles. The fraction of sp³-hybridized carbons (Fsp3) is 0.400. The van der Waals surface area contributed by atoms with E-state index in [9.17, 15) is 14.0 Å². The van der Waals surface area contributed by atoms with Crippen molar-refractivity contribution in [3.63, 3.8) is 0 Å². The molecule has 1 saturated heterocycles. The Morgan fingerprint density at radius 3 is 2.96 bits per heavy atom. The molecule has 1 fully saturated rings. The summed E-state index contributed by atoms with van der Waals surface area (Å²) in [7, 11) is 0. The highest BCUT2D eigenvalue weighted by molar-refractivity contribution is 7.08. The Kier molecular flexibility index (Phi) is 6.04. The molecule has 2 heterocycles. The number of amides is 1. The number of halogens is 1. The smallest absolute Gasteiger partial charge is 0.309 e. The summed E-state index contributed by atoms with van der Waals surface area (Å²) in [5.41, 5.74) is 1.88. The fourth-order valence-corrected chi connectivity index (χ4v) is 4.04. The molecule has 0 aliphatic carbocycles. The van der Waals surface area contributed by atoms with Crippen molar-refractivity contribution in [1.29, 1.82) is 0 Å². The van der Waals surface area contributed by atoms with E-state index in [0.717, 1.165) is 24.0 Å². The summed E-state index contributed by atoms with van der Waals surface area (Å²) >= 11 is 1.61. The molecule has 26 heavy (non-hydrogen) atoms. The number of hydrogen-bond donors (Lipinski definition) is 0. The normalized spacial score (nSPS) is 17.9. The predicted molar refractivity (Wildman–Crippen MR) is 98.2 cm³/mol. The number of rotatable bonds is 6. The first-order chi connectivity index (χ1) is 12.5. The molecule has 6 heteroatoms. The van der Waals surface area contributed by atoms with Gasteiger partial charge in [-0.3, -0.25) is 9.59 Å². The summed E-state index contributed by atoms with van der Waals surface area (Å²) in [5.74, 6) is -1.36. The highest BCUT2D eigenvalue weighted by Gasteiger charge is 2.30. The third-order valence-corrected chi connectivity index (χ3v) is 5.37. The summed E-state index contributed by atoms with van der Waals surface area (Å²) in [6.45, 7) is 2.17. The van der Waals surface area contributed by atoms with Crippen LogP contribution in [0.2, 0.25) is 0 Å². The minimum Gasteiger partial charge on any atom is -0.455 e. The van der Waals surface area contributed by atoms with Gasteiger partial charge in [0, 0.05) is 6.54 Å². The molecule has 0 N–H and O–H groups in total.